The van der Waals surface area contributed by atoms with Gasteiger partial charge in [0, 0.05) is 36.0 Å². The summed E-state index contributed by atoms with van der Waals surface area (Å²) in [6.07, 6.45) is 3.41. The lowest BCUT2D eigenvalue weighted by atomic mass is 9.42. The van der Waals surface area contributed by atoms with Crippen LogP contribution in [0.25, 0.3) is 12.2 Å². The molecule has 1 aromatic rings. The number of hydrogen-bond donors (Lipinski definition) is 10. The monoisotopic (exact) mass is 874 g/mol. The minimum Gasteiger partial charge on any atom is -0.481 e. The molecule has 4 saturated carbocycles. The van der Waals surface area contributed by atoms with Gasteiger partial charge in [-0.3, -0.25) is 24.0 Å². The number of hydrogen-bond acceptors (Lipinski definition) is 8. The molecule has 2 amide bonds. The van der Waals surface area contributed by atoms with E-state index < -0.39 is 89.5 Å². The van der Waals surface area contributed by atoms with Gasteiger partial charge in [0.2, 0.25) is 0 Å². The number of amides is 2. The van der Waals surface area contributed by atoms with Crippen LogP contribution in [0.3, 0.4) is 0 Å². The van der Waals surface area contributed by atoms with Crippen LogP contribution < -0.4 is 22.9 Å². The number of carbonyl (C=O) groups excluding carboxylic acids is 2. The third-order valence-corrected chi connectivity index (χ3v) is 15.0. The van der Waals surface area contributed by atoms with E-state index in [0.717, 1.165) is 0 Å². The molecule has 63 heavy (non-hydrogen) atoms. The molecule has 0 aliphatic heterocycles. The highest BCUT2D eigenvalue weighted by Crippen LogP contribution is 2.69. The first-order valence-corrected chi connectivity index (χ1v) is 21.4. The molecule has 4 aliphatic rings. The number of nitrogens with zero attached hydrogens (tertiary/aromatic N) is 2. The van der Waals surface area contributed by atoms with E-state index in [0.29, 0.717) is 55.2 Å². The Labute approximate surface area is 366 Å². The zero-order chi connectivity index (χ0) is 46.8. The number of nitrogens with two attached hydrogens (primary N) is 4. The lowest BCUT2D eigenvalue weighted by Gasteiger charge is -2.64. The second-order valence-corrected chi connectivity index (χ2v) is 18.8. The number of benzene rings is 1. The van der Waals surface area contributed by atoms with Crippen molar-refractivity contribution >= 4 is 53.8 Å². The topological polar surface area (TPSA) is 336 Å². The quantitative estimate of drug-likeness (QED) is 0.0590. The predicted molar refractivity (Wildman–Crippen MR) is 234 cm³/mol. The maximum absolute atomic E-state index is 12.6. The van der Waals surface area contributed by atoms with Crippen LogP contribution in [0.15, 0.2) is 39.3 Å². The Hall–Kier alpha value is -5.57. The van der Waals surface area contributed by atoms with Crippen molar-refractivity contribution in [1.82, 2.24) is 0 Å². The molecule has 11 atom stereocenters. The predicted octanol–water partition coefficient (Wildman–Crippen LogP) is 2.82. The molecule has 0 spiro atoms. The third-order valence-electron chi connectivity index (χ3n) is 15.0. The zero-order valence-electron chi connectivity index (χ0n) is 36.3. The van der Waals surface area contributed by atoms with Gasteiger partial charge in [-0.1, -0.05) is 31.8 Å². The lowest BCUT2D eigenvalue weighted by Crippen LogP contribution is -2.63. The van der Waals surface area contributed by atoms with Crippen LogP contribution in [0.4, 0.5) is 0 Å². The SMILES string of the molecule is CC(=Cc1ccc(C#C[C@@]2(O)CC[C@@]3(C)C(C[C@@H](O)C4C3C[C@H](O)[C@]3(C)C(C(CCC(=O)O)C(CC(=O)O)CC(=O)O)CCC43)C2)cc1C=C(C)C(=O)N=C(N)N)C(=O)N=C(N)N. The van der Waals surface area contributed by atoms with Crippen LogP contribution in [-0.4, -0.2) is 90.1 Å². The summed E-state index contributed by atoms with van der Waals surface area (Å²) in [5.74, 6) is -1.79. The largest absolute Gasteiger partial charge is 0.481 e. The molecule has 4 aliphatic carbocycles. The zero-order valence-corrected chi connectivity index (χ0v) is 36.3. The first-order chi connectivity index (χ1) is 29.4. The second-order valence-electron chi connectivity index (χ2n) is 18.8. The first-order valence-electron chi connectivity index (χ1n) is 21.4. The minimum atomic E-state index is -1.42. The number of aliphatic hydroxyl groups excluding tert-OH is 2. The van der Waals surface area contributed by atoms with Crippen LogP contribution >= 0.6 is 0 Å². The number of carbonyl (C=O) groups is 5. The van der Waals surface area contributed by atoms with Crippen LogP contribution in [0, 0.1) is 64.1 Å². The van der Waals surface area contributed by atoms with E-state index >= 15 is 0 Å². The molecule has 0 aromatic heterocycles. The Morgan fingerprint density at radius 1 is 0.825 bits per heavy atom. The fourth-order valence-electron chi connectivity index (χ4n) is 12.0. The molecule has 4 fully saturated rings. The van der Waals surface area contributed by atoms with Gasteiger partial charge in [0.15, 0.2) is 11.9 Å². The van der Waals surface area contributed by atoms with E-state index in [2.05, 4.69) is 28.7 Å². The molecule has 0 heterocycles. The highest BCUT2D eigenvalue weighted by molar-refractivity contribution is 6.05. The molecule has 0 radical (unpaired) electrons. The van der Waals surface area contributed by atoms with E-state index in [1.165, 1.54) is 13.8 Å². The number of rotatable bonds is 13. The van der Waals surface area contributed by atoms with Crippen molar-refractivity contribution in [2.24, 2.45) is 85.2 Å². The Balaban J connectivity index is 1.42. The number of carboxylic acids is 3. The molecular formula is C46H62N6O11. The van der Waals surface area contributed by atoms with Gasteiger partial charge >= 0.3 is 17.9 Å². The highest BCUT2D eigenvalue weighted by atomic mass is 16.4. The van der Waals surface area contributed by atoms with Crippen molar-refractivity contribution in [3.05, 3.63) is 46.0 Å². The molecule has 0 bridgehead atoms. The van der Waals surface area contributed by atoms with Gasteiger partial charge in [-0.15, -0.1) is 0 Å². The average molecular weight is 875 g/mol. The van der Waals surface area contributed by atoms with E-state index in [4.69, 9.17) is 22.9 Å². The number of fused-ring (bicyclic) bond motifs is 5. The Morgan fingerprint density at radius 2 is 1.41 bits per heavy atom. The van der Waals surface area contributed by atoms with Gasteiger partial charge < -0.3 is 53.6 Å². The smallest absolute Gasteiger partial charge is 0.303 e. The van der Waals surface area contributed by atoms with E-state index in [1.54, 1.807) is 30.4 Å². The summed E-state index contributed by atoms with van der Waals surface area (Å²) in [6, 6.07) is 5.10. The summed E-state index contributed by atoms with van der Waals surface area (Å²) in [6.45, 7) is 7.18. The van der Waals surface area contributed by atoms with Crippen LogP contribution in [0.5, 0.6) is 0 Å². The lowest BCUT2D eigenvalue weighted by molar-refractivity contribution is -0.212. The van der Waals surface area contributed by atoms with E-state index in [9.17, 15) is 54.6 Å². The molecule has 17 nitrogen and oxygen atoms in total. The summed E-state index contributed by atoms with van der Waals surface area (Å²) in [4.78, 5) is 68.0. The second kappa shape index (κ2) is 19.0. The Bertz CT molecular complexity index is 2170. The third kappa shape index (κ3) is 10.6. The Kier molecular flexibility index (Phi) is 14.6. The van der Waals surface area contributed by atoms with Gasteiger partial charge in [0.25, 0.3) is 11.8 Å². The molecule has 5 rings (SSSR count). The summed E-state index contributed by atoms with van der Waals surface area (Å²) in [5.41, 5.74) is 20.9. The average Bonchev–Trinajstić information content (AvgIpc) is 3.52. The maximum atomic E-state index is 12.6. The summed E-state index contributed by atoms with van der Waals surface area (Å²) >= 11 is 0. The molecule has 342 valence electrons. The van der Waals surface area contributed by atoms with Crippen molar-refractivity contribution < 1.29 is 54.6 Å². The number of carboxylic acid groups (broad SMARTS) is 3. The number of aliphatic hydroxyl groups is 3. The maximum Gasteiger partial charge on any atom is 0.303 e. The number of guanidine groups is 2. The number of aliphatic carboxylic acids is 3. The van der Waals surface area contributed by atoms with Crippen molar-refractivity contribution in [1.29, 1.82) is 0 Å². The molecule has 1 aromatic carbocycles. The van der Waals surface area contributed by atoms with E-state index in [-0.39, 0.29) is 65.4 Å². The fourth-order valence-corrected chi connectivity index (χ4v) is 12.0. The Morgan fingerprint density at radius 3 is 1.97 bits per heavy atom. The molecule has 0 saturated heterocycles. The molecule has 6 unspecified atom stereocenters. The van der Waals surface area contributed by atoms with Gasteiger partial charge in [-0.05, 0) is 153 Å². The summed E-state index contributed by atoms with van der Waals surface area (Å²) < 4.78 is 0. The van der Waals surface area contributed by atoms with Crippen molar-refractivity contribution in [2.75, 3.05) is 0 Å². The summed E-state index contributed by atoms with van der Waals surface area (Å²) in [7, 11) is 0. The highest BCUT2D eigenvalue weighted by Gasteiger charge is 2.67. The molecule has 17 heteroatoms. The van der Waals surface area contributed by atoms with Gasteiger partial charge in [-0.25, -0.2) is 0 Å². The van der Waals surface area contributed by atoms with Crippen LogP contribution in [0.2, 0.25) is 0 Å². The minimum absolute atomic E-state index is 0.0790. The van der Waals surface area contributed by atoms with E-state index in [1.807, 2.05) is 6.92 Å². The fraction of sp³-hybridized carbons (Fsp3) is 0.587. The van der Waals surface area contributed by atoms with Crippen molar-refractivity contribution in [3.8, 4) is 11.8 Å². The van der Waals surface area contributed by atoms with Gasteiger partial charge in [0.1, 0.15) is 5.60 Å². The van der Waals surface area contributed by atoms with Crippen LogP contribution in [0.1, 0.15) is 115 Å². The molecule has 14 N–H and O–H groups in total. The first kappa shape index (κ1) is 48.5. The normalized spacial score (nSPS) is 31.8. The van der Waals surface area contributed by atoms with Crippen molar-refractivity contribution in [2.45, 2.75) is 116 Å². The van der Waals surface area contributed by atoms with Crippen LogP contribution in [-0.2, 0) is 24.0 Å². The standard InChI is InChI=1S/C46H62N6O11/c1-23(40(61)51-42(47)48)15-26-6-5-25(17-27(26)16-24(2)41(62)52-43(49)50)11-12-46(63)14-13-44(3)29(22-46)20-34(53)39-32-9-8-31(45(32,4)35(54)21-33(39)44)30(7-10-36(55)56)28(18-37(57)58)19-38(59)60/h5-6,15-17,28-35,39,53-54,63H,7-10,13-14,18-22H2,1-4H3,(H,55,56)(H,57,58)(H,59,60)(H4,47,48,51,61)(H4,49,50,52,62)/t29?,30?,31?,32?,33?,34-,35+,39?,44+,45-,46-/m1/s1. The van der Waals surface area contributed by atoms with Gasteiger partial charge in [0.05, 0.1) is 12.2 Å². The van der Waals surface area contributed by atoms with Gasteiger partial charge in [-0.2, -0.15) is 9.98 Å². The molecular weight excluding hydrogens is 813 g/mol. The number of aliphatic imine (C=N–C) groups is 2. The summed E-state index contributed by atoms with van der Waals surface area (Å²) in [5, 5.41) is 65.5. The van der Waals surface area contributed by atoms with Crippen molar-refractivity contribution in [3.63, 3.8) is 0 Å².